The van der Waals surface area contributed by atoms with Crippen LogP contribution >= 0.6 is 11.8 Å². The van der Waals surface area contributed by atoms with Gasteiger partial charge in [0.2, 0.25) is 11.8 Å². The minimum atomic E-state index is -1.29. The lowest BCUT2D eigenvalue weighted by atomic mass is 9.46. The van der Waals surface area contributed by atoms with E-state index in [1.807, 2.05) is 51.5 Å². The molecule has 2 amide bonds. The first-order valence-corrected chi connectivity index (χ1v) is 45.1. The van der Waals surface area contributed by atoms with Gasteiger partial charge in [-0.1, -0.05) is 25.1 Å². The number of carbonyl (C=O) groups excluding carboxylic acids is 2. The summed E-state index contributed by atoms with van der Waals surface area (Å²) in [5.41, 5.74) is 0.315. The Balaban J connectivity index is 0.000000207. The van der Waals surface area contributed by atoms with Crippen molar-refractivity contribution >= 4 is 23.6 Å². The van der Waals surface area contributed by atoms with E-state index >= 15 is 0 Å². The Bertz CT molecular complexity index is 2700. The number of amides is 2. The Morgan fingerprint density at radius 2 is 1.20 bits per heavy atom. The summed E-state index contributed by atoms with van der Waals surface area (Å²) in [5, 5.41) is 14.9. The molecule has 4 N–H and O–H groups in total. The van der Waals surface area contributed by atoms with E-state index in [0.29, 0.717) is 67.3 Å². The van der Waals surface area contributed by atoms with E-state index in [2.05, 4.69) is 215 Å². The number of carbonyl (C=O) groups is 2. The number of likely N-dealkylation sites (N-methyl/N-ethyl adjacent to an activating group) is 2. The van der Waals surface area contributed by atoms with Crippen LogP contribution in [0.25, 0.3) is 0 Å². The van der Waals surface area contributed by atoms with Crippen LogP contribution in [0.3, 0.4) is 0 Å². The minimum Gasteiger partial charge on any atom is -0.379 e. The minimum absolute atomic E-state index is 0.0560. The molecule has 19 heteroatoms. The Morgan fingerprint density at radius 1 is 0.627 bits per heavy atom. The summed E-state index contributed by atoms with van der Waals surface area (Å²) in [6.07, 6.45) is 20.7. The smallest absolute Gasteiger partial charge is 0.239 e. The lowest BCUT2D eigenvalue weighted by Crippen LogP contribution is -2.55. The molecule has 0 aromatic heterocycles. The van der Waals surface area contributed by atoms with Gasteiger partial charge >= 0.3 is 0 Å². The molecule has 110 heavy (non-hydrogen) atoms. The fourth-order valence-electron chi connectivity index (χ4n) is 18.2. The summed E-state index contributed by atoms with van der Waals surface area (Å²) in [5.74, 6) is 7.24. The number of alkyl halides is 1. The quantitative estimate of drug-likeness (QED) is 0.0919. The third-order valence-electron chi connectivity index (χ3n) is 24.4. The van der Waals surface area contributed by atoms with Gasteiger partial charge in [-0.15, -0.1) is 11.8 Å². The van der Waals surface area contributed by atoms with E-state index in [4.69, 9.17) is 18.9 Å². The summed E-state index contributed by atoms with van der Waals surface area (Å²) < 4.78 is 36.8. The molecule has 17 nitrogen and oxygen atoms in total. The number of piperidine rings is 3. The summed E-state index contributed by atoms with van der Waals surface area (Å²) in [7, 11) is 5.79. The van der Waals surface area contributed by atoms with Crippen LogP contribution in [-0.4, -0.2) is 280 Å². The Morgan fingerprint density at radius 3 is 1.71 bits per heavy atom. The topological polar surface area (TPSA) is 142 Å². The van der Waals surface area contributed by atoms with Crippen LogP contribution in [0, 0.1) is 40.9 Å². The molecule has 2 unspecified atom stereocenters. The van der Waals surface area contributed by atoms with Crippen molar-refractivity contribution in [3.63, 3.8) is 0 Å². The van der Waals surface area contributed by atoms with Gasteiger partial charge in [0.15, 0.2) is 0 Å². The third-order valence-corrected chi connectivity index (χ3v) is 25.6. The van der Waals surface area contributed by atoms with Crippen molar-refractivity contribution in [3.8, 4) is 0 Å². The van der Waals surface area contributed by atoms with Gasteiger partial charge in [-0.2, -0.15) is 0 Å². The molecule has 6 aliphatic heterocycles. The van der Waals surface area contributed by atoms with Gasteiger partial charge in [-0.05, 0) is 336 Å². The Kier molecular flexibility index (Phi) is 38.8. The lowest BCUT2D eigenvalue weighted by Gasteiger charge is -2.60. The molecule has 5 saturated carbocycles. The van der Waals surface area contributed by atoms with Crippen molar-refractivity contribution in [1.29, 1.82) is 0 Å². The van der Waals surface area contributed by atoms with Crippen molar-refractivity contribution in [1.82, 2.24) is 55.6 Å². The van der Waals surface area contributed by atoms with E-state index < -0.39 is 5.67 Å². The van der Waals surface area contributed by atoms with Gasteiger partial charge < -0.3 is 54.9 Å². The van der Waals surface area contributed by atoms with Crippen LogP contribution in [0.15, 0.2) is 35.2 Å². The highest BCUT2D eigenvalue weighted by atomic mass is 32.2. The van der Waals surface area contributed by atoms with Crippen molar-refractivity contribution in [2.45, 2.75) is 335 Å². The Hall–Kier alpha value is -2.08. The molecule has 6 atom stereocenters. The number of ether oxygens (including phenoxy) is 4. The average Bonchev–Trinajstić information content (AvgIpc) is 0.866. The highest BCUT2D eigenvalue weighted by molar-refractivity contribution is 7.99. The maximum atomic E-state index is 14.5. The fourth-order valence-corrected chi connectivity index (χ4v) is 19.2. The molecule has 11 aliphatic rings. The van der Waals surface area contributed by atoms with Crippen molar-refractivity contribution in [3.05, 3.63) is 30.3 Å². The first-order chi connectivity index (χ1) is 51.1. The van der Waals surface area contributed by atoms with Crippen LogP contribution in [0.1, 0.15) is 261 Å². The number of hydrogen-bond donors (Lipinski definition) is 4. The lowest BCUT2D eigenvalue weighted by molar-refractivity contribution is -0.138. The number of thioether (sulfide) groups is 1. The van der Waals surface area contributed by atoms with Crippen molar-refractivity contribution in [2.24, 2.45) is 40.9 Å². The second-order valence-electron chi connectivity index (χ2n) is 42.8. The van der Waals surface area contributed by atoms with E-state index in [1.54, 1.807) is 17.7 Å². The zero-order valence-corrected chi connectivity index (χ0v) is 76.4. The predicted octanol–water partition coefficient (Wildman–Crippen LogP) is 15.4. The van der Waals surface area contributed by atoms with Crippen molar-refractivity contribution in [2.75, 3.05) is 165 Å². The molecule has 640 valence electrons. The zero-order chi connectivity index (χ0) is 81.5. The summed E-state index contributed by atoms with van der Waals surface area (Å²) in [4.78, 5) is 41.3. The number of likely N-dealkylation sites (tertiary alicyclic amines) is 4. The number of rotatable bonds is 20. The van der Waals surface area contributed by atoms with Gasteiger partial charge in [-0.3, -0.25) is 29.2 Å². The molecule has 1 aromatic carbocycles. The maximum Gasteiger partial charge on any atom is 0.239 e. The molecule has 1 aromatic rings. The first-order valence-electron chi connectivity index (χ1n) is 44.1. The molecule has 6 saturated heterocycles. The van der Waals surface area contributed by atoms with E-state index in [1.165, 1.54) is 88.9 Å². The largest absolute Gasteiger partial charge is 0.379 e. The first kappa shape index (κ1) is 96.8. The second-order valence-corrected chi connectivity index (χ2v) is 43.9. The molecule has 6 heterocycles. The van der Waals surface area contributed by atoms with E-state index in [0.717, 1.165) is 152 Å². The molecule has 11 fully saturated rings. The summed E-state index contributed by atoms with van der Waals surface area (Å²) in [6.45, 7) is 68.0. The second kappa shape index (κ2) is 44.1. The van der Waals surface area contributed by atoms with Crippen molar-refractivity contribution < 1.29 is 32.9 Å². The number of benzene rings is 1. The van der Waals surface area contributed by atoms with Crippen LogP contribution < -0.4 is 21.3 Å². The average molecular weight is 1570 g/mol. The van der Waals surface area contributed by atoms with Crippen LogP contribution in [-0.2, 0) is 28.5 Å². The van der Waals surface area contributed by atoms with Gasteiger partial charge in [0.25, 0.3) is 0 Å². The highest BCUT2D eigenvalue weighted by Gasteiger charge is 2.54. The molecule has 4 bridgehead atoms. The molecule has 0 radical (unpaired) electrons. The molecular formula is C91H172FN11O6S. The number of nitrogens with zero attached hydrogens (tertiary/aromatic N) is 7. The van der Waals surface area contributed by atoms with Gasteiger partial charge in [0, 0.05) is 141 Å². The zero-order valence-electron chi connectivity index (χ0n) is 75.6. The van der Waals surface area contributed by atoms with Gasteiger partial charge in [-0.25, -0.2) is 4.39 Å². The number of nitrogens with one attached hydrogen (secondary N) is 4. The molecule has 5 aliphatic carbocycles. The number of morpholine rings is 2. The van der Waals surface area contributed by atoms with E-state index in [-0.39, 0.29) is 51.9 Å². The standard InChI is InChI=1S/C18H30N2OS.C16H30N2O2.C16H29N.C14H27FN2O2.C14H28N2O.C13H28N2/c1-18(2,3)19-16(9-10-20-11-13-21-14-12-20)15-22-17-7-5-4-6-8-17;1-16(2,3)20-12-13-7-10-18(11-8-13)15(19)14-6-5-9-17(14)4;1-11-13-5-12-6-14(11)9-16(7-12,8-13)10-17-15(2,3)4;1-13(2,3)19-11-14(15)6-8-17(9-7-14)12(18)10-16(4)5;1-14(2,3)15-11-12-4-5-13(10-12)16-6-8-17-9-7-16;1-12(2,3)14-11-7-9-15(10-8-11)13(4,5)6/h4-8,16,19H,9-15H2,1-3H3;13-14H,5-12H2,1-4H3;11-14,17H,5-10H2,1-4H3;6-11H2,1-5H3;12-13,15H,4-11H2,1-3H3;11,14H,7-10H2,1-6H3/t16-;14-;;;12-,13+;/m11..0./s1. The Labute approximate surface area is 679 Å². The fraction of sp³-hybridized carbons (Fsp3) is 0.912. The number of halogens is 1. The van der Waals surface area contributed by atoms with Gasteiger partial charge in [0.05, 0.1) is 63.4 Å². The molecular weight excluding hydrogens is 1390 g/mol. The molecule has 12 rings (SSSR count). The third kappa shape index (κ3) is 37.7. The molecule has 0 spiro atoms. The van der Waals surface area contributed by atoms with E-state index in [9.17, 15) is 14.0 Å². The normalized spacial score (nSPS) is 27.3. The predicted molar refractivity (Wildman–Crippen MR) is 462 cm³/mol. The summed E-state index contributed by atoms with van der Waals surface area (Å²) >= 11 is 1.95. The van der Waals surface area contributed by atoms with Crippen LogP contribution in [0.2, 0.25) is 0 Å². The summed E-state index contributed by atoms with van der Waals surface area (Å²) in [6, 6.07) is 12.9. The monoisotopic (exact) mass is 1570 g/mol. The maximum absolute atomic E-state index is 14.5. The van der Waals surface area contributed by atoms with Gasteiger partial charge in [0.1, 0.15) is 5.67 Å². The van der Waals surface area contributed by atoms with Crippen LogP contribution in [0.5, 0.6) is 0 Å². The van der Waals surface area contributed by atoms with Crippen LogP contribution in [0.4, 0.5) is 4.39 Å². The highest BCUT2D eigenvalue weighted by Crippen LogP contribution is 2.62. The SMILES string of the molecule is CC(C)(C)NC1CCN(C(C)(C)C)CC1.CC(C)(C)NC[C@H]1CC[C@@H](N2CCOCC2)C1.CC(C)(C)N[C@H](CCN1CCOCC1)CSc1ccccc1.CC1C2CC3CC1CC(CNC(C)(C)C)(C3)C2.CN(C)CC(=O)N1CCC(F)(COC(C)(C)C)CC1.CN1CCC[C@@H]1C(=O)N1CCC(COC(C)(C)C)CC1. The number of hydrogen-bond acceptors (Lipinski definition) is 16.